The van der Waals surface area contributed by atoms with Crippen molar-refractivity contribution in [3.05, 3.63) is 53.8 Å². The third-order valence-corrected chi connectivity index (χ3v) is 6.65. The lowest BCUT2D eigenvalue weighted by atomic mass is 9.96. The number of carbonyl (C=O) groups is 1. The van der Waals surface area contributed by atoms with Crippen LogP contribution >= 0.6 is 0 Å². The van der Waals surface area contributed by atoms with Crippen LogP contribution < -0.4 is 14.2 Å². The average Bonchev–Trinajstić information content (AvgIpc) is 2.77. The summed E-state index contributed by atoms with van der Waals surface area (Å²) in [6, 6.07) is 10.3. The van der Waals surface area contributed by atoms with Gasteiger partial charge in [0.05, 0.1) is 24.7 Å². The van der Waals surface area contributed by atoms with E-state index in [0.29, 0.717) is 37.4 Å². The van der Waals surface area contributed by atoms with Crippen LogP contribution in [-0.4, -0.2) is 53.1 Å². The number of benzene rings is 2. The molecule has 7 nitrogen and oxygen atoms in total. The summed E-state index contributed by atoms with van der Waals surface area (Å²) in [5.41, 5.74) is 0.0603. The maximum atomic E-state index is 13.8. The number of halogens is 1. The molecule has 30 heavy (non-hydrogen) atoms. The minimum absolute atomic E-state index is 0.0603. The highest BCUT2D eigenvalue weighted by Gasteiger charge is 2.26. The van der Waals surface area contributed by atoms with E-state index in [9.17, 15) is 17.6 Å². The van der Waals surface area contributed by atoms with Crippen LogP contribution in [0.4, 0.5) is 4.39 Å². The zero-order valence-electron chi connectivity index (χ0n) is 16.9. The van der Waals surface area contributed by atoms with Gasteiger partial charge < -0.3 is 14.4 Å². The molecule has 0 aliphatic carbocycles. The molecule has 0 saturated carbocycles. The van der Waals surface area contributed by atoms with Crippen molar-refractivity contribution in [2.45, 2.75) is 17.7 Å². The van der Waals surface area contributed by atoms with Gasteiger partial charge in [0.15, 0.2) is 11.5 Å². The number of ether oxygens (including phenoxy) is 2. The smallest absolute Gasteiger partial charge is 0.256 e. The minimum atomic E-state index is -3.71. The van der Waals surface area contributed by atoms with E-state index in [1.807, 2.05) is 0 Å². The molecule has 0 unspecified atom stereocenters. The number of rotatable bonds is 7. The van der Waals surface area contributed by atoms with E-state index in [1.54, 1.807) is 23.1 Å². The van der Waals surface area contributed by atoms with Crippen LogP contribution in [0.1, 0.15) is 23.2 Å². The normalized spacial score (nSPS) is 15.1. The lowest BCUT2D eigenvalue weighted by Crippen LogP contribution is -2.41. The maximum absolute atomic E-state index is 13.8. The summed E-state index contributed by atoms with van der Waals surface area (Å²) in [5.74, 6) is -0.00182. The second kappa shape index (κ2) is 9.44. The highest BCUT2D eigenvalue weighted by molar-refractivity contribution is 7.89. The molecule has 1 aliphatic heterocycles. The summed E-state index contributed by atoms with van der Waals surface area (Å²) < 4.78 is 52.0. The molecule has 1 N–H and O–H groups in total. The monoisotopic (exact) mass is 436 g/mol. The Morgan fingerprint density at radius 2 is 1.77 bits per heavy atom. The Hall–Kier alpha value is -2.65. The van der Waals surface area contributed by atoms with Crippen molar-refractivity contribution >= 4 is 15.9 Å². The SMILES string of the molecule is COc1ccc(S(=O)(=O)NCC2CCN(C(=O)c3ccccc3F)CC2)cc1OC. The van der Waals surface area contributed by atoms with Gasteiger partial charge in [-0.05, 0) is 43.0 Å². The van der Waals surface area contributed by atoms with Gasteiger partial charge in [-0.25, -0.2) is 17.5 Å². The van der Waals surface area contributed by atoms with E-state index < -0.39 is 15.8 Å². The molecule has 0 bridgehead atoms. The summed E-state index contributed by atoms with van der Waals surface area (Å²) in [7, 11) is -0.789. The highest BCUT2D eigenvalue weighted by atomic mass is 32.2. The van der Waals surface area contributed by atoms with Crippen LogP contribution in [0.2, 0.25) is 0 Å². The second-order valence-electron chi connectivity index (χ2n) is 7.08. The predicted octanol–water partition coefficient (Wildman–Crippen LogP) is 2.67. The molecule has 1 amide bonds. The number of piperidine rings is 1. The fraction of sp³-hybridized carbons (Fsp3) is 0.381. The lowest BCUT2D eigenvalue weighted by Gasteiger charge is -2.32. The van der Waals surface area contributed by atoms with E-state index in [4.69, 9.17) is 9.47 Å². The molecular weight excluding hydrogens is 411 g/mol. The van der Waals surface area contributed by atoms with Crippen LogP contribution in [0.25, 0.3) is 0 Å². The summed E-state index contributed by atoms with van der Waals surface area (Å²) in [5, 5.41) is 0. The van der Waals surface area contributed by atoms with Crippen molar-refractivity contribution in [2.24, 2.45) is 5.92 Å². The van der Waals surface area contributed by atoms with Crippen molar-refractivity contribution < 1.29 is 27.1 Å². The maximum Gasteiger partial charge on any atom is 0.256 e. The van der Waals surface area contributed by atoms with E-state index in [2.05, 4.69) is 4.72 Å². The van der Waals surface area contributed by atoms with Gasteiger partial charge in [-0.15, -0.1) is 0 Å². The Morgan fingerprint density at radius 3 is 2.40 bits per heavy atom. The number of hydrogen-bond acceptors (Lipinski definition) is 5. The molecule has 0 atom stereocenters. The molecule has 2 aromatic carbocycles. The number of hydrogen-bond donors (Lipinski definition) is 1. The Balaban J connectivity index is 1.56. The topological polar surface area (TPSA) is 84.9 Å². The van der Waals surface area contributed by atoms with Gasteiger partial charge in [-0.3, -0.25) is 4.79 Å². The first-order valence-electron chi connectivity index (χ1n) is 9.61. The Bertz CT molecular complexity index is 1000. The van der Waals surface area contributed by atoms with E-state index in [-0.39, 0.29) is 28.8 Å². The summed E-state index contributed by atoms with van der Waals surface area (Å²) in [6.07, 6.45) is 1.27. The van der Waals surface area contributed by atoms with Crippen molar-refractivity contribution in [1.29, 1.82) is 0 Å². The Labute approximate surface area is 175 Å². The largest absolute Gasteiger partial charge is 0.493 e. The summed E-state index contributed by atoms with van der Waals surface area (Å²) >= 11 is 0. The molecule has 162 valence electrons. The van der Waals surface area contributed by atoms with Crippen molar-refractivity contribution in [3.8, 4) is 11.5 Å². The summed E-state index contributed by atoms with van der Waals surface area (Å²) in [4.78, 5) is 14.2. The lowest BCUT2D eigenvalue weighted by molar-refractivity contribution is 0.0687. The molecule has 3 rings (SSSR count). The number of nitrogens with one attached hydrogen (secondary N) is 1. The summed E-state index contributed by atoms with van der Waals surface area (Å²) in [6.45, 7) is 1.17. The average molecular weight is 437 g/mol. The molecule has 0 radical (unpaired) electrons. The standard InChI is InChI=1S/C21H25FN2O5S/c1-28-19-8-7-16(13-20(19)29-2)30(26,27)23-14-15-9-11-24(12-10-15)21(25)17-5-3-4-6-18(17)22/h3-8,13,15,23H,9-12,14H2,1-2H3. The molecule has 2 aromatic rings. The molecule has 0 aromatic heterocycles. The van der Waals surface area contributed by atoms with Gasteiger partial charge >= 0.3 is 0 Å². The molecular formula is C21H25FN2O5S. The van der Waals surface area contributed by atoms with Gasteiger partial charge in [-0.2, -0.15) is 0 Å². The Kier molecular flexibility index (Phi) is 6.94. The van der Waals surface area contributed by atoms with Gasteiger partial charge in [0.2, 0.25) is 10.0 Å². The van der Waals surface area contributed by atoms with Crippen LogP contribution in [-0.2, 0) is 10.0 Å². The van der Waals surface area contributed by atoms with Gasteiger partial charge in [0, 0.05) is 25.7 Å². The molecule has 1 aliphatic rings. The van der Waals surface area contributed by atoms with E-state index in [1.165, 1.54) is 38.5 Å². The molecule has 1 fully saturated rings. The predicted molar refractivity (Wildman–Crippen MR) is 110 cm³/mol. The van der Waals surface area contributed by atoms with Crippen LogP contribution in [0.5, 0.6) is 11.5 Å². The molecule has 0 spiro atoms. The van der Waals surface area contributed by atoms with Crippen molar-refractivity contribution in [2.75, 3.05) is 33.9 Å². The molecule has 1 saturated heterocycles. The second-order valence-corrected chi connectivity index (χ2v) is 8.85. The first-order valence-corrected chi connectivity index (χ1v) is 11.1. The number of carbonyl (C=O) groups excluding carboxylic acids is 1. The van der Waals surface area contributed by atoms with Crippen molar-refractivity contribution in [1.82, 2.24) is 9.62 Å². The third-order valence-electron chi connectivity index (χ3n) is 5.23. The zero-order chi connectivity index (χ0) is 21.7. The molecule has 9 heteroatoms. The Morgan fingerprint density at radius 1 is 1.10 bits per heavy atom. The van der Waals surface area contributed by atoms with E-state index in [0.717, 1.165) is 0 Å². The van der Waals surface area contributed by atoms with Crippen LogP contribution in [0, 0.1) is 11.7 Å². The fourth-order valence-electron chi connectivity index (χ4n) is 3.44. The fourth-order valence-corrected chi connectivity index (χ4v) is 4.57. The first-order chi connectivity index (χ1) is 14.4. The number of methoxy groups -OCH3 is 2. The van der Waals surface area contributed by atoms with Gasteiger partial charge in [-0.1, -0.05) is 12.1 Å². The number of sulfonamides is 1. The van der Waals surface area contributed by atoms with Gasteiger partial charge in [0.1, 0.15) is 5.82 Å². The van der Waals surface area contributed by atoms with Crippen molar-refractivity contribution in [3.63, 3.8) is 0 Å². The van der Waals surface area contributed by atoms with E-state index >= 15 is 0 Å². The van der Waals surface area contributed by atoms with Gasteiger partial charge in [0.25, 0.3) is 5.91 Å². The number of nitrogens with zero attached hydrogens (tertiary/aromatic N) is 1. The quantitative estimate of drug-likeness (QED) is 0.721. The highest BCUT2D eigenvalue weighted by Crippen LogP contribution is 2.29. The van der Waals surface area contributed by atoms with Crippen LogP contribution in [0.3, 0.4) is 0 Å². The zero-order valence-corrected chi connectivity index (χ0v) is 17.7. The molecule has 1 heterocycles. The number of likely N-dealkylation sites (tertiary alicyclic amines) is 1. The first kappa shape index (κ1) is 22.0. The number of amides is 1. The minimum Gasteiger partial charge on any atom is -0.493 e. The van der Waals surface area contributed by atoms with Crippen LogP contribution in [0.15, 0.2) is 47.4 Å². The third kappa shape index (κ3) is 4.91.